The highest BCUT2D eigenvalue weighted by molar-refractivity contribution is 5.95. The van der Waals surface area contributed by atoms with Gasteiger partial charge in [-0.25, -0.2) is 9.59 Å². The Morgan fingerprint density at radius 3 is 2.47 bits per heavy atom. The molecule has 0 bridgehead atoms. The number of ether oxygens (including phenoxy) is 1. The van der Waals surface area contributed by atoms with E-state index in [1.807, 2.05) is 30.3 Å². The molecule has 5 heteroatoms. The molecule has 0 saturated carbocycles. The molecule has 0 aliphatic carbocycles. The van der Waals surface area contributed by atoms with Crippen LogP contribution in [0, 0.1) is 0 Å². The number of carbonyl (C=O) groups excluding carboxylic acids is 3. The van der Waals surface area contributed by atoms with E-state index in [0.29, 0.717) is 0 Å². The van der Waals surface area contributed by atoms with Crippen molar-refractivity contribution in [3.63, 3.8) is 0 Å². The summed E-state index contributed by atoms with van der Waals surface area (Å²) >= 11 is 0. The van der Waals surface area contributed by atoms with E-state index in [0.717, 1.165) is 11.6 Å². The molecule has 1 aromatic carbocycles. The minimum atomic E-state index is -0.899. The molecule has 0 spiro atoms. The van der Waals surface area contributed by atoms with Gasteiger partial charge in [0, 0.05) is 19.4 Å². The van der Waals surface area contributed by atoms with Gasteiger partial charge in [0.05, 0.1) is 0 Å². The Kier molecular flexibility index (Phi) is 5.47. The normalized spacial score (nSPS) is 11.2. The van der Waals surface area contributed by atoms with Gasteiger partial charge >= 0.3 is 11.9 Å². The van der Waals surface area contributed by atoms with Gasteiger partial charge in [0.1, 0.15) is 6.04 Å². The SMILES string of the molecule is C=CC(=O)OC(=O)[C@H](Cc1ccccc1)NC(C)=O. The molecule has 0 saturated heterocycles. The number of rotatable bonds is 5. The molecule has 0 fully saturated rings. The molecule has 100 valence electrons. The second kappa shape index (κ2) is 7.10. The standard InChI is InChI=1S/C14H15NO4/c1-3-13(17)19-14(18)12(15-10(2)16)9-11-7-5-4-6-8-11/h3-8,12H,1,9H2,2H3,(H,15,16)/t12-/m0/s1. The van der Waals surface area contributed by atoms with Crippen LogP contribution in [0.5, 0.6) is 0 Å². The van der Waals surface area contributed by atoms with Gasteiger partial charge in [0.15, 0.2) is 0 Å². The van der Waals surface area contributed by atoms with Crippen molar-refractivity contribution in [3.8, 4) is 0 Å². The number of hydrogen-bond donors (Lipinski definition) is 1. The van der Waals surface area contributed by atoms with Gasteiger partial charge in [-0.15, -0.1) is 0 Å². The Morgan fingerprint density at radius 2 is 1.95 bits per heavy atom. The predicted octanol–water partition coefficient (Wildman–Crippen LogP) is 0.990. The number of esters is 2. The zero-order valence-electron chi connectivity index (χ0n) is 10.6. The van der Waals surface area contributed by atoms with Crippen LogP contribution in [-0.2, 0) is 25.5 Å². The molecule has 1 atom stereocenters. The van der Waals surface area contributed by atoms with Crippen molar-refractivity contribution in [2.24, 2.45) is 0 Å². The number of carbonyl (C=O) groups is 3. The summed E-state index contributed by atoms with van der Waals surface area (Å²) in [6, 6.07) is 8.22. The fraction of sp³-hybridized carbons (Fsp3) is 0.214. The number of amides is 1. The van der Waals surface area contributed by atoms with Crippen LogP contribution in [0.1, 0.15) is 12.5 Å². The van der Waals surface area contributed by atoms with Gasteiger partial charge < -0.3 is 10.1 Å². The number of hydrogen-bond acceptors (Lipinski definition) is 4. The topological polar surface area (TPSA) is 72.5 Å². The lowest BCUT2D eigenvalue weighted by Gasteiger charge is -2.15. The first kappa shape index (κ1) is 14.6. The second-order valence-corrected chi connectivity index (χ2v) is 3.89. The van der Waals surface area contributed by atoms with E-state index in [2.05, 4.69) is 16.6 Å². The molecule has 19 heavy (non-hydrogen) atoms. The summed E-state index contributed by atoms with van der Waals surface area (Å²) in [5.41, 5.74) is 0.851. The van der Waals surface area contributed by atoms with Gasteiger partial charge in [-0.2, -0.15) is 0 Å². The summed E-state index contributed by atoms with van der Waals surface area (Å²) in [5, 5.41) is 2.46. The summed E-state index contributed by atoms with van der Waals surface area (Å²) in [6.07, 6.45) is 1.15. The van der Waals surface area contributed by atoms with E-state index in [9.17, 15) is 14.4 Å². The molecule has 1 N–H and O–H groups in total. The van der Waals surface area contributed by atoms with Crippen molar-refractivity contribution in [3.05, 3.63) is 48.6 Å². The first-order valence-electron chi connectivity index (χ1n) is 5.72. The van der Waals surface area contributed by atoms with Crippen molar-refractivity contribution in [2.75, 3.05) is 0 Å². The average molecular weight is 261 g/mol. The monoisotopic (exact) mass is 261 g/mol. The molecule has 0 unspecified atom stereocenters. The lowest BCUT2D eigenvalue weighted by Crippen LogP contribution is -2.42. The van der Waals surface area contributed by atoms with Gasteiger partial charge in [-0.3, -0.25) is 4.79 Å². The fourth-order valence-electron chi connectivity index (χ4n) is 1.50. The molecular formula is C14H15NO4. The molecular weight excluding hydrogens is 246 g/mol. The van der Waals surface area contributed by atoms with Crippen LogP contribution >= 0.6 is 0 Å². The first-order chi connectivity index (χ1) is 9.02. The molecule has 5 nitrogen and oxygen atoms in total. The average Bonchev–Trinajstić information content (AvgIpc) is 2.38. The highest BCUT2D eigenvalue weighted by Gasteiger charge is 2.23. The Labute approximate surface area is 111 Å². The Bertz CT molecular complexity index is 481. The van der Waals surface area contributed by atoms with Gasteiger partial charge in [-0.1, -0.05) is 36.9 Å². The Balaban J connectivity index is 2.76. The molecule has 0 radical (unpaired) electrons. The maximum absolute atomic E-state index is 11.7. The van der Waals surface area contributed by atoms with Crippen molar-refractivity contribution < 1.29 is 19.1 Å². The van der Waals surface area contributed by atoms with Crippen LogP contribution < -0.4 is 5.32 Å². The fourth-order valence-corrected chi connectivity index (χ4v) is 1.50. The van der Waals surface area contributed by atoms with E-state index in [1.54, 1.807) is 0 Å². The van der Waals surface area contributed by atoms with E-state index in [-0.39, 0.29) is 12.3 Å². The minimum absolute atomic E-state index is 0.254. The third kappa shape index (κ3) is 5.16. The molecule has 0 aliphatic heterocycles. The van der Waals surface area contributed by atoms with E-state index in [4.69, 9.17) is 0 Å². The van der Waals surface area contributed by atoms with Crippen LogP contribution in [0.3, 0.4) is 0 Å². The maximum atomic E-state index is 11.7. The molecule has 0 aromatic heterocycles. The highest BCUT2D eigenvalue weighted by Crippen LogP contribution is 2.05. The summed E-state index contributed by atoms with van der Waals surface area (Å²) in [7, 11) is 0. The van der Waals surface area contributed by atoms with E-state index in [1.165, 1.54) is 6.92 Å². The summed E-state index contributed by atoms with van der Waals surface area (Å²) in [4.78, 5) is 33.8. The molecule has 0 heterocycles. The lowest BCUT2D eigenvalue weighted by atomic mass is 10.1. The highest BCUT2D eigenvalue weighted by atomic mass is 16.6. The van der Waals surface area contributed by atoms with Crippen LogP contribution in [-0.4, -0.2) is 23.9 Å². The summed E-state index contributed by atoms with van der Waals surface area (Å²) in [5.74, 6) is -2.01. The first-order valence-corrected chi connectivity index (χ1v) is 5.72. The number of nitrogens with one attached hydrogen (secondary N) is 1. The van der Waals surface area contributed by atoms with Crippen molar-refractivity contribution >= 4 is 17.8 Å². The third-order valence-corrected chi connectivity index (χ3v) is 2.31. The number of benzene rings is 1. The molecule has 0 aliphatic rings. The predicted molar refractivity (Wildman–Crippen MR) is 69.0 cm³/mol. The quantitative estimate of drug-likeness (QED) is 0.487. The van der Waals surface area contributed by atoms with E-state index < -0.39 is 18.0 Å². The van der Waals surface area contributed by atoms with Crippen molar-refractivity contribution in [2.45, 2.75) is 19.4 Å². The van der Waals surface area contributed by atoms with Gasteiger partial charge in [0.2, 0.25) is 5.91 Å². The summed E-state index contributed by atoms with van der Waals surface area (Å²) < 4.78 is 4.52. The zero-order valence-corrected chi connectivity index (χ0v) is 10.6. The van der Waals surface area contributed by atoms with Crippen LogP contribution in [0.2, 0.25) is 0 Å². The molecule has 1 rings (SSSR count). The third-order valence-electron chi connectivity index (χ3n) is 2.31. The smallest absolute Gasteiger partial charge is 0.337 e. The second-order valence-electron chi connectivity index (χ2n) is 3.89. The largest absolute Gasteiger partial charge is 0.388 e. The molecule has 1 amide bonds. The Morgan fingerprint density at radius 1 is 1.32 bits per heavy atom. The van der Waals surface area contributed by atoms with Crippen LogP contribution in [0.25, 0.3) is 0 Å². The van der Waals surface area contributed by atoms with Crippen LogP contribution in [0.15, 0.2) is 43.0 Å². The maximum Gasteiger partial charge on any atom is 0.337 e. The zero-order chi connectivity index (χ0) is 14.3. The van der Waals surface area contributed by atoms with Crippen LogP contribution in [0.4, 0.5) is 0 Å². The summed E-state index contributed by atoms with van der Waals surface area (Å²) in [6.45, 7) is 4.50. The Hall–Kier alpha value is -2.43. The lowest BCUT2D eigenvalue weighted by molar-refractivity contribution is -0.158. The van der Waals surface area contributed by atoms with Gasteiger partial charge in [-0.05, 0) is 5.56 Å². The van der Waals surface area contributed by atoms with E-state index >= 15 is 0 Å². The van der Waals surface area contributed by atoms with Gasteiger partial charge in [0.25, 0.3) is 0 Å². The molecule has 1 aromatic rings. The van der Waals surface area contributed by atoms with Crippen molar-refractivity contribution in [1.82, 2.24) is 5.32 Å². The minimum Gasteiger partial charge on any atom is -0.388 e. The van der Waals surface area contributed by atoms with Crippen molar-refractivity contribution in [1.29, 1.82) is 0 Å².